The average Bonchev–Trinajstić information content (AvgIpc) is 2.87. The molecular weight excluding hydrogens is 280 g/mol. The van der Waals surface area contributed by atoms with Crippen molar-refractivity contribution >= 4 is 17.7 Å². The number of benzene rings is 2. The molecular formula is C17H16N2O3. The Balaban J connectivity index is 1.48. The van der Waals surface area contributed by atoms with Crippen molar-refractivity contribution in [3.05, 3.63) is 59.7 Å². The predicted octanol–water partition coefficient (Wildman–Crippen LogP) is 2.51. The second-order valence-corrected chi connectivity index (χ2v) is 5.10. The van der Waals surface area contributed by atoms with Crippen molar-refractivity contribution in [1.29, 1.82) is 0 Å². The molecule has 0 fully saturated rings. The predicted molar refractivity (Wildman–Crippen MR) is 82.9 cm³/mol. The molecule has 2 aromatic carbocycles. The number of rotatable bonds is 4. The summed E-state index contributed by atoms with van der Waals surface area (Å²) in [5, 5.41) is 5.51. The zero-order valence-corrected chi connectivity index (χ0v) is 12.0. The summed E-state index contributed by atoms with van der Waals surface area (Å²) in [7, 11) is 0. The van der Waals surface area contributed by atoms with E-state index in [1.807, 2.05) is 36.4 Å². The number of anilines is 1. The molecule has 5 nitrogen and oxygen atoms in total. The maximum absolute atomic E-state index is 11.6. The zero-order valence-electron chi connectivity index (χ0n) is 12.0. The molecule has 1 heterocycles. The number of carbonyl (C=O) groups is 2. The first-order valence-corrected chi connectivity index (χ1v) is 7.13. The van der Waals surface area contributed by atoms with Gasteiger partial charge in [-0.15, -0.1) is 0 Å². The minimum Gasteiger partial charge on any atom is -0.410 e. The first-order chi connectivity index (χ1) is 10.7. The molecule has 0 atom stereocenters. The van der Waals surface area contributed by atoms with Crippen LogP contribution in [0.5, 0.6) is 5.75 Å². The molecule has 1 aliphatic rings. The van der Waals surface area contributed by atoms with Crippen molar-refractivity contribution < 1.29 is 14.3 Å². The first kappa shape index (κ1) is 14.1. The number of carbonyl (C=O) groups excluding carboxylic acids is 2. The summed E-state index contributed by atoms with van der Waals surface area (Å²) in [4.78, 5) is 22.9. The maximum Gasteiger partial charge on any atom is 0.412 e. The molecule has 0 bridgehead atoms. The SMILES string of the molecule is O=C1Cc2cc(CCNC(=O)Oc3ccccc3)ccc2N1. The molecule has 0 radical (unpaired) electrons. The van der Waals surface area contributed by atoms with Gasteiger partial charge in [0.2, 0.25) is 5.91 Å². The number of nitrogens with one attached hydrogen (secondary N) is 2. The Bertz CT molecular complexity index is 698. The van der Waals surface area contributed by atoms with Crippen LogP contribution < -0.4 is 15.4 Å². The third-order valence-electron chi connectivity index (χ3n) is 3.43. The first-order valence-electron chi connectivity index (χ1n) is 7.13. The number of hydrogen-bond acceptors (Lipinski definition) is 3. The lowest BCUT2D eigenvalue weighted by Gasteiger charge is -2.07. The maximum atomic E-state index is 11.6. The van der Waals surface area contributed by atoms with Crippen LogP contribution in [0.1, 0.15) is 11.1 Å². The van der Waals surface area contributed by atoms with E-state index in [4.69, 9.17) is 4.74 Å². The number of hydrogen-bond donors (Lipinski definition) is 2. The lowest BCUT2D eigenvalue weighted by molar-refractivity contribution is -0.115. The Morgan fingerprint density at radius 3 is 2.82 bits per heavy atom. The van der Waals surface area contributed by atoms with Gasteiger partial charge in [0, 0.05) is 12.2 Å². The summed E-state index contributed by atoms with van der Waals surface area (Å²) in [5.74, 6) is 0.541. The van der Waals surface area contributed by atoms with Crippen molar-refractivity contribution in [1.82, 2.24) is 5.32 Å². The van der Waals surface area contributed by atoms with Crippen LogP contribution in [0, 0.1) is 0 Å². The third-order valence-corrected chi connectivity index (χ3v) is 3.43. The van der Waals surface area contributed by atoms with E-state index >= 15 is 0 Å². The number of ether oxygens (including phenoxy) is 1. The highest BCUT2D eigenvalue weighted by Gasteiger charge is 2.17. The van der Waals surface area contributed by atoms with Crippen LogP contribution in [0.25, 0.3) is 0 Å². The van der Waals surface area contributed by atoms with Gasteiger partial charge in [0.15, 0.2) is 0 Å². The molecule has 0 aliphatic carbocycles. The number of fused-ring (bicyclic) bond motifs is 1. The monoisotopic (exact) mass is 296 g/mol. The van der Waals surface area contributed by atoms with E-state index in [2.05, 4.69) is 10.6 Å². The van der Waals surface area contributed by atoms with E-state index < -0.39 is 6.09 Å². The van der Waals surface area contributed by atoms with Gasteiger partial charge >= 0.3 is 6.09 Å². The lowest BCUT2D eigenvalue weighted by Crippen LogP contribution is -2.28. The fraction of sp³-hybridized carbons (Fsp3) is 0.176. The molecule has 112 valence electrons. The standard InChI is InChI=1S/C17H16N2O3/c20-16-11-13-10-12(6-7-15(13)19-16)8-9-18-17(21)22-14-4-2-1-3-5-14/h1-7,10H,8-9,11H2,(H,18,21)(H,19,20). The molecule has 5 heteroatoms. The van der Waals surface area contributed by atoms with Crippen molar-refractivity contribution in [3.63, 3.8) is 0 Å². The van der Waals surface area contributed by atoms with Gasteiger partial charge in [0.05, 0.1) is 6.42 Å². The molecule has 2 amide bonds. The topological polar surface area (TPSA) is 67.4 Å². The normalized spacial score (nSPS) is 12.5. The highest BCUT2D eigenvalue weighted by atomic mass is 16.5. The summed E-state index contributed by atoms with van der Waals surface area (Å²) in [6, 6.07) is 14.8. The van der Waals surface area contributed by atoms with Crippen LogP contribution in [-0.2, 0) is 17.6 Å². The number of para-hydroxylation sites is 1. The van der Waals surface area contributed by atoms with Gasteiger partial charge in [0.1, 0.15) is 5.75 Å². The fourth-order valence-electron chi connectivity index (χ4n) is 2.38. The van der Waals surface area contributed by atoms with Crippen LogP contribution in [0.4, 0.5) is 10.5 Å². The van der Waals surface area contributed by atoms with E-state index in [9.17, 15) is 9.59 Å². The highest BCUT2D eigenvalue weighted by molar-refractivity contribution is 5.99. The summed E-state index contributed by atoms with van der Waals surface area (Å²) in [5.41, 5.74) is 2.97. The third kappa shape index (κ3) is 3.44. The Hall–Kier alpha value is -2.82. The van der Waals surface area contributed by atoms with E-state index in [1.54, 1.807) is 12.1 Å². The second kappa shape index (κ2) is 6.30. The Morgan fingerprint density at radius 1 is 1.18 bits per heavy atom. The molecule has 0 saturated carbocycles. The largest absolute Gasteiger partial charge is 0.412 e. The van der Waals surface area contributed by atoms with Crippen LogP contribution >= 0.6 is 0 Å². The van der Waals surface area contributed by atoms with Gasteiger partial charge in [-0.05, 0) is 35.7 Å². The van der Waals surface area contributed by atoms with Gasteiger partial charge < -0.3 is 15.4 Å². The van der Waals surface area contributed by atoms with Gasteiger partial charge in [0.25, 0.3) is 0 Å². The Morgan fingerprint density at radius 2 is 2.00 bits per heavy atom. The molecule has 0 saturated heterocycles. The molecule has 3 rings (SSSR count). The molecule has 1 aliphatic heterocycles. The molecule has 2 N–H and O–H groups in total. The van der Waals surface area contributed by atoms with E-state index in [0.29, 0.717) is 25.1 Å². The molecule has 22 heavy (non-hydrogen) atoms. The second-order valence-electron chi connectivity index (χ2n) is 5.10. The van der Waals surface area contributed by atoms with Gasteiger partial charge in [-0.2, -0.15) is 0 Å². The molecule has 0 aromatic heterocycles. The smallest absolute Gasteiger partial charge is 0.410 e. The highest BCUT2D eigenvalue weighted by Crippen LogP contribution is 2.23. The average molecular weight is 296 g/mol. The quantitative estimate of drug-likeness (QED) is 0.911. The lowest BCUT2D eigenvalue weighted by atomic mass is 10.1. The minimum atomic E-state index is -0.468. The zero-order chi connectivity index (χ0) is 15.4. The molecule has 0 spiro atoms. The minimum absolute atomic E-state index is 0.0247. The Kier molecular flexibility index (Phi) is 4.05. The van der Waals surface area contributed by atoms with E-state index in [-0.39, 0.29) is 5.91 Å². The van der Waals surface area contributed by atoms with Crippen LogP contribution in [0.15, 0.2) is 48.5 Å². The number of amides is 2. The van der Waals surface area contributed by atoms with Crippen molar-refractivity contribution in [3.8, 4) is 5.75 Å². The molecule has 0 unspecified atom stereocenters. The summed E-state index contributed by atoms with van der Waals surface area (Å²) >= 11 is 0. The van der Waals surface area contributed by atoms with E-state index in [1.165, 1.54) is 0 Å². The van der Waals surface area contributed by atoms with Crippen LogP contribution in [-0.4, -0.2) is 18.5 Å². The molecule has 2 aromatic rings. The van der Waals surface area contributed by atoms with Gasteiger partial charge in [-0.3, -0.25) is 4.79 Å². The van der Waals surface area contributed by atoms with Crippen LogP contribution in [0.3, 0.4) is 0 Å². The van der Waals surface area contributed by atoms with E-state index in [0.717, 1.165) is 16.8 Å². The van der Waals surface area contributed by atoms with Crippen LogP contribution in [0.2, 0.25) is 0 Å². The van der Waals surface area contributed by atoms with Crippen molar-refractivity contribution in [2.75, 3.05) is 11.9 Å². The van der Waals surface area contributed by atoms with Crippen molar-refractivity contribution in [2.24, 2.45) is 0 Å². The van der Waals surface area contributed by atoms with Gasteiger partial charge in [-0.25, -0.2) is 4.79 Å². The summed E-state index contributed by atoms with van der Waals surface area (Å²) in [6.07, 6.45) is 0.641. The summed E-state index contributed by atoms with van der Waals surface area (Å²) < 4.78 is 5.14. The van der Waals surface area contributed by atoms with Gasteiger partial charge in [-0.1, -0.05) is 30.3 Å². The Labute approximate surface area is 128 Å². The fourth-order valence-corrected chi connectivity index (χ4v) is 2.38. The van der Waals surface area contributed by atoms with Crippen molar-refractivity contribution in [2.45, 2.75) is 12.8 Å². The summed E-state index contributed by atoms with van der Waals surface area (Å²) in [6.45, 7) is 0.478.